The van der Waals surface area contributed by atoms with Crippen molar-refractivity contribution in [1.82, 2.24) is 9.88 Å². The van der Waals surface area contributed by atoms with Crippen molar-refractivity contribution in [2.24, 2.45) is 16.1 Å². The fourth-order valence-electron chi connectivity index (χ4n) is 5.84. The minimum Gasteiger partial charge on any atom is -0.379 e. The van der Waals surface area contributed by atoms with Gasteiger partial charge in [0.2, 0.25) is 7.28 Å². The van der Waals surface area contributed by atoms with Gasteiger partial charge in [-0.2, -0.15) is 23.4 Å². The first-order valence-electron chi connectivity index (χ1n) is 12.5. The van der Waals surface area contributed by atoms with Gasteiger partial charge >= 0.3 is 6.18 Å². The highest BCUT2D eigenvalue weighted by Gasteiger charge is 2.47. The van der Waals surface area contributed by atoms with Crippen LogP contribution in [-0.2, 0) is 24.7 Å². The molecule has 1 aromatic heterocycles. The number of halogens is 3. The van der Waals surface area contributed by atoms with Crippen molar-refractivity contribution in [2.75, 3.05) is 18.4 Å². The summed E-state index contributed by atoms with van der Waals surface area (Å²) < 4.78 is 41.7. The summed E-state index contributed by atoms with van der Waals surface area (Å²) in [4.78, 5) is 6.46. The quantitative estimate of drug-likeness (QED) is 0.556. The highest BCUT2D eigenvalue weighted by atomic mass is 19.4. The molecule has 0 unspecified atom stereocenters. The minimum atomic E-state index is -4.45. The number of benzene rings is 1. The number of alkyl halides is 3. The molecule has 1 saturated carbocycles. The Hall–Kier alpha value is -2.68. The second-order valence-corrected chi connectivity index (χ2v) is 10.3. The lowest BCUT2D eigenvalue weighted by molar-refractivity contribution is -0.138. The Balaban J connectivity index is 1.33. The van der Waals surface area contributed by atoms with Crippen LogP contribution < -0.4 is 5.32 Å². The highest BCUT2D eigenvalue weighted by Crippen LogP contribution is 2.49. The standard InChI is InChI=1S/C26H31BF3N5/c1-18-12-25(13-18,24-27-17-33-34-24)20-6-5-7-21(11-20)31-15-23-22(26(28,29)30)10-19(14-32-23)16-35-8-3-2-4-9-35/h5-7,10-11,14,17-18,27,31H,2-4,8-9,12-13,15-16H2,1H3. The fourth-order valence-corrected chi connectivity index (χ4v) is 5.84. The Morgan fingerprint density at radius 3 is 2.63 bits per heavy atom. The first-order valence-corrected chi connectivity index (χ1v) is 12.5. The van der Waals surface area contributed by atoms with E-state index in [4.69, 9.17) is 0 Å². The van der Waals surface area contributed by atoms with Crippen molar-refractivity contribution >= 4 is 24.7 Å². The Labute approximate surface area is 205 Å². The number of nitrogens with one attached hydrogen (secondary N) is 1. The van der Waals surface area contributed by atoms with Crippen LogP contribution >= 0.6 is 0 Å². The average Bonchev–Trinajstić information content (AvgIpc) is 3.36. The van der Waals surface area contributed by atoms with Gasteiger partial charge in [-0.3, -0.25) is 9.88 Å². The molecule has 2 aromatic rings. The molecule has 5 nitrogen and oxygen atoms in total. The van der Waals surface area contributed by atoms with Crippen molar-refractivity contribution in [3.63, 3.8) is 0 Å². The summed E-state index contributed by atoms with van der Waals surface area (Å²) in [5.41, 5.74) is 2.87. The van der Waals surface area contributed by atoms with E-state index < -0.39 is 11.7 Å². The van der Waals surface area contributed by atoms with Crippen molar-refractivity contribution in [1.29, 1.82) is 0 Å². The number of likely N-dealkylation sites (tertiary alicyclic amines) is 1. The van der Waals surface area contributed by atoms with E-state index in [2.05, 4.69) is 38.4 Å². The molecule has 2 aliphatic heterocycles. The first-order chi connectivity index (χ1) is 16.8. The molecular formula is C26H31BF3N5. The Morgan fingerprint density at radius 2 is 1.94 bits per heavy atom. The highest BCUT2D eigenvalue weighted by molar-refractivity contribution is 6.96. The van der Waals surface area contributed by atoms with Gasteiger partial charge in [-0.1, -0.05) is 25.5 Å². The van der Waals surface area contributed by atoms with Crippen LogP contribution in [0.2, 0.25) is 0 Å². The van der Waals surface area contributed by atoms with Gasteiger partial charge in [0, 0.05) is 29.5 Å². The molecule has 1 aromatic carbocycles. The summed E-state index contributed by atoms with van der Waals surface area (Å²) in [7, 11) is 0.757. The van der Waals surface area contributed by atoms with Crippen molar-refractivity contribution in [3.05, 3.63) is 58.9 Å². The number of hydrogen-bond acceptors (Lipinski definition) is 5. The monoisotopic (exact) mass is 481 g/mol. The van der Waals surface area contributed by atoms with Crippen LogP contribution in [0.5, 0.6) is 0 Å². The van der Waals surface area contributed by atoms with E-state index >= 15 is 0 Å². The smallest absolute Gasteiger partial charge is 0.379 e. The molecule has 5 rings (SSSR count). The van der Waals surface area contributed by atoms with E-state index in [1.54, 1.807) is 6.20 Å². The number of anilines is 1. The van der Waals surface area contributed by atoms with Crippen molar-refractivity contribution in [3.8, 4) is 0 Å². The van der Waals surface area contributed by atoms with E-state index in [9.17, 15) is 13.2 Å². The zero-order chi connectivity index (χ0) is 24.5. The molecule has 0 spiro atoms. The maximum atomic E-state index is 13.9. The molecule has 2 fully saturated rings. The predicted octanol–water partition coefficient (Wildman–Crippen LogP) is 5.16. The van der Waals surface area contributed by atoms with Gasteiger partial charge in [-0.15, -0.1) is 0 Å². The second-order valence-electron chi connectivity index (χ2n) is 10.3. The number of hydrogen-bond donors (Lipinski definition) is 1. The van der Waals surface area contributed by atoms with Crippen molar-refractivity contribution < 1.29 is 13.2 Å². The zero-order valence-electron chi connectivity index (χ0n) is 20.1. The fraction of sp³-hybridized carbons (Fsp3) is 0.500. The predicted molar refractivity (Wildman–Crippen MR) is 135 cm³/mol. The van der Waals surface area contributed by atoms with Gasteiger partial charge in [0.25, 0.3) is 0 Å². The van der Waals surface area contributed by atoms with Crippen LogP contribution in [0.3, 0.4) is 0 Å². The minimum absolute atomic E-state index is 0.00967. The largest absolute Gasteiger partial charge is 0.418 e. The summed E-state index contributed by atoms with van der Waals surface area (Å²) in [5.74, 6) is 0.608. The molecule has 0 radical (unpaired) electrons. The molecule has 0 amide bonds. The molecule has 184 valence electrons. The van der Waals surface area contributed by atoms with E-state index in [0.717, 1.165) is 62.9 Å². The molecule has 1 N–H and O–H groups in total. The third kappa shape index (κ3) is 5.15. The molecule has 9 heteroatoms. The maximum Gasteiger partial charge on any atom is 0.418 e. The van der Waals surface area contributed by atoms with E-state index in [1.165, 1.54) is 12.5 Å². The van der Waals surface area contributed by atoms with Crippen molar-refractivity contribution in [2.45, 2.75) is 63.7 Å². The molecule has 0 atom stereocenters. The summed E-state index contributed by atoms with van der Waals surface area (Å²) in [6.07, 6.45) is 4.39. The molecule has 1 saturated heterocycles. The van der Waals surface area contributed by atoms with Crippen LogP contribution in [0.15, 0.2) is 46.7 Å². The summed E-state index contributed by atoms with van der Waals surface area (Å²) in [6, 6.07) is 9.26. The Bertz CT molecular complexity index is 1120. The van der Waals surface area contributed by atoms with Crippen LogP contribution in [0.4, 0.5) is 18.9 Å². The molecule has 0 bridgehead atoms. The second kappa shape index (κ2) is 9.76. The number of pyridine rings is 1. The normalized spacial score (nSPS) is 24.6. The zero-order valence-corrected chi connectivity index (χ0v) is 20.1. The third-order valence-corrected chi connectivity index (χ3v) is 7.55. The molecule has 1 aliphatic carbocycles. The lowest BCUT2D eigenvalue weighted by Gasteiger charge is -2.47. The third-order valence-electron chi connectivity index (χ3n) is 7.55. The topological polar surface area (TPSA) is 52.9 Å². The molecular weight excluding hydrogens is 450 g/mol. The van der Waals surface area contributed by atoms with Gasteiger partial charge < -0.3 is 5.32 Å². The molecule has 3 aliphatic rings. The van der Waals surface area contributed by atoms with Gasteiger partial charge in [-0.05, 0) is 80.1 Å². The van der Waals surface area contributed by atoms with Crippen LogP contribution in [0.1, 0.15) is 61.4 Å². The van der Waals surface area contributed by atoms with Gasteiger partial charge in [-0.25, -0.2) is 0 Å². The summed E-state index contributed by atoms with van der Waals surface area (Å²) in [5, 5.41) is 11.6. The van der Waals surface area contributed by atoms with E-state index in [1.807, 2.05) is 24.3 Å². The van der Waals surface area contributed by atoms with Gasteiger partial charge in [0.05, 0.1) is 17.8 Å². The Kier molecular flexibility index (Phi) is 6.70. The van der Waals surface area contributed by atoms with Gasteiger partial charge in [0.1, 0.15) is 0 Å². The number of nitrogens with zero attached hydrogens (tertiary/aromatic N) is 4. The average molecular weight is 481 g/mol. The van der Waals surface area contributed by atoms with Gasteiger partial charge in [0.15, 0.2) is 0 Å². The number of piperidine rings is 1. The van der Waals surface area contributed by atoms with Crippen LogP contribution in [0, 0.1) is 5.92 Å². The molecule has 3 heterocycles. The maximum absolute atomic E-state index is 13.9. The number of rotatable bonds is 7. The van der Waals surface area contributed by atoms with Crippen LogP contribution in [0.25, 0.3) is 0 Å². The SMILES string of the molecule is CC1CC(C2=NN=CB2)(c2cccc(NCc3ncc(CN4CCCCC4)cc3C(F)(F)F)c2)C1. The van der Waals surface area contributed by atoms with E-state index in [-0.39, 0.29) is 17.7 Å². The number of aromatic nitrogens is 1. The lowest BCUT2D eigenvalue weighted by Crippen LogP contribution is -2.48. The van der Waals surface area contributed by atoms with E-state index in [0.29, 0.717) is 18.0 Å². The van der Waals surface area contributed by atoms with Crippen LogP contribution in [-0.4, -0.2) is 42.0 Å². The first kappa shape index (κ1) is 24.0. The summed E-state index contributed by atoms with van der Waals surface area (Å²) >= 11 is 0. The lowest BCUT2D eigenvalue weighted by atomic mass is 9.48. The Morgan fingerprint density at radius 1 is 1.14 bits per heavy atom. The molecule has 35 heavy (non-hydrogen) atoms. The summed E-state index contributed by atoms with van der Waals surface area (Å²) in [6.45, 7) is 4.62.